The summed E-state index contributed by atoms with van der Waals surface area (Å²) < 4.78 is 7.43. The van der Waals surface area contributed by atoms with Crippen LogP contribution < -0.4 is 11.1 Å². The Balaban J connectivity index is 1.40. The van der Waals surface area contributed by atoms with Crippen LogP contribution in [0.4, 0.5) is 5.69 Å². The highest BCUT2D eigenvalue weighted by Gasteiger charge is 2.24. The summed E-state index contributed by atoms with van der Waals surface area (Å²) in [5, 5.41) is 6.83. The van der Waals surface area contributed by atoms with Crippen molar-refractivity contribution < 1.29 is 9.53 Å². The van der Waals surface area contributed by atoms with Gasteiger partial charge in [-0.1, -0.05) is 12.8 Å². The molecule has 0 bridgehead atoms. The largest absolute Gasteiger partial charge is 0.465 e. The number of anilines is 1. The number of likely N-dealkylation sites (N-methyl/N-ethyl adjacent to an activating group) is 1. The van der Waals surface area contributed by atoms with Gasteiger partial charge in [0, 0.05) is 36.8 Å². The van der Waals surface area contributed by atoms with Crippen LogP contribution in [-0.2, 0) is 9.53 Å². The summed E-state index contributed by atoms with van der Waals surface area (Å²) in [6.07, 6.45) is 8.27. The highest BCUT2D eigenvalue weighted by molar-refractivity contribution is 6.08. The number of hydrogen-bond donors (Lipinski definition) is 2. The Morgan fingerprint density at radius 1 is 1.48 bits per heavy atom. The second-order valence-corrected chi connectivity index (χ2v) is 7.19. The molecule has 1 saturated carbocycles. The van der Waals surface area contributed by atoms with Gasteiger partial charge in [-0.05, 0) is 18.4 Å². The highest BCUT2D eigenvalue weighted by Crippen LogP contribution is 2.32. The van der Waals surface area contributed by atoms with Crippen LogP contribution in [0.1, 0.15) is 19.3 Å². The molecular weight excluding hydrogens is 372 g/mol. The average Bonchev–Trinajstić information content (AvgIpc) is 3.42. The first-order chi connectivity index (χ1) is 14.1. The van der Waals surface area contributed by atoms with E-state index in [1.165, 1.54) is 25.4 Å². The van der Waals surface area contributed by atoms with Gasteiger partial charge >= 0.3 is 0 Å². The third-order valence-corrected chi connectivity index (χ3v) is 4.82. The smallest absolute Gasteiger partial charge is 0.294 e. The van der Waals surface area contributed by atoms with Crippen LogP contribution >= 0.6 is 0 Å². The monoisotopic (exact) mass is 396 g/mol. The van der Waals surface area contributed by atoms with E-state index in [9.17, 15) is 4.79 Å². The third-order valence-electron chi connectivity index (χ3n) is 4.82. The molecule has 0 spiro atoms. The summed E-state index contributed by atoms with van der Waals surface area (Å²) in [6.45, 7) is 1.09. The molecule has 0 saturated heterocycles. The quantitative estimate of drug-likeness (QED) is 0.752. The number of amides is 1. The Kier molecular flexibility index (Phi) is 5.41. The molecule has 29 heavy (non-hydrogen) atoms. The van der Waals surface area contributed by atoms with Crippen LogP contribution in [0.3, 0.4) is 0 Å². The molecule has 0 unspecified atom stereocenters. The lowest BCUT2D eigenvalue weighted by Crippen LogP contribution is -2.38. The second-order valence-electron chi connectivity index (χ2n) is 7.19. The molecular formula is C19H24N8O2. The Morgan fingerprint density at radius 2 is 2.34 bits per heavy atom. The summed E-state index contributed by atoms with van der Waals surface area (Å²) in [7, 11) is 1.89. The van der Waals surface area contributed by atoms with Gasteiger partial charge in [0.2, 0.25) is 5.91 Å². The molecule has 0 atom stereocenters. The van der Waals surface area contributed by atoms with Crippen LogP contribution in [0.15, 0.2) is 46.4 Å². The van der Waals surface area contributed by atoms with Crippen LogP contribution in [0, 0.1) is 5.92 Å². The number of amidine groups is 2. The van der Waals surface area contributed by atoms with Crippen molar-refractivity contribution in [2.24, 2.45) is 21.6 Å². The van der Waals surface area contributed by atoms with Crippen LogP contribution in [0.5, 0.6) is 0 Å². The van der Waals surface area contributed by atoms with Gasteiger partial charge in [-0.3, -0.25) is 9.79 Å². The first-order valence-electron chi connectivity index (χ1n) is 9.60. The number of aliphatic imine (C=N–C) groups is 2. The molecule has 2 aromatic heterocycles. The minimum Gasteiger partial charge on any atom is -0.465 e. The van der Waals surface area contributed by atoms with Gasteiger partial charge in [-0.2, -0.15) is 10.1 Å². The Bertz CT molecular complexity index is 989. The predicted molar refractivity (Wildman–Crippen MR) is 110 cm³/mol. The van der Waals surface area contributed by atoms with Crippen molar-refractivity contribution in [1.82, 2.24) is 19.5 Å². The number of hydrogen-bond acceptors (Lipinski definition) is 7. The van der Waals surface area contributed by atoms with Crippen molar-refractivity contribution in [3.8, 4) is 0 Å². The van der Waals surface area contributed by atoms with E-state index in [-0.39, 0.29) is 12.5 Å². The number of aromatic nitrogens is 3. The number of ether oxygens (including phenoxy) is 1. The maximum Gasteiger partial charge on any atom is 0.294 e. The summed E-state index contributed by atoms with van der Waals surface area (Å²) in [6, 6.07) is 3.99. The van der Waals surface area contributed by atoms with Crippen molar-refractivity contribution in [3.63, 3.8) is 0 Å². The molecule has 2 aromatic rings. The van der Waals surface area contributed by atoms with E-state index in [1.54, 1.807) is 22.8 Å². The van der Waals surface area contributed by atoms with Gasteiger partial charge in [-0.15, -0.1) is 0 Å². The minimum atomic E-state index is -0.261. The van der Waals surface area contributed by atoms with E-state index in [0.29, 0.717) is 36.3 Å². The Hall–Kier alpha value is -3.43. The van der Waals surface area contributed by atoms with Crippen LogP contribution in [0.2, 0.25) is 0 Å². The molecule has 10 heteroatoms. The molecule has 0 aromatic carbocycles. The number of fused-ring (bicyclic) bond motifs is 1. The molecule has 152 valence electrons. The lowest BCUT2D eigenvalue weighted by atomic mass is 10.2. The Labute approximate surface area is 168 Å². The lowest BCUT2D eigenvalue weighted by Gasteiger charge is -2.26. The number of nitrogens with one attached hydrogen (secondary N) is 1. The first-order valence-corrected chi connectivity index (χ1v) is 9.60. The summed E-state index contributed by atoms with van der Waals surface area (Å²) >= 11 is 0. The zero-order chi connectivity index (χ0) is 20.2. The molecule has 1 aliphatic heterocycles. The number of nitrogens with zero attached hydrogens (tertiary/aromatic N) is 6. The Morgan fingerprint density at radius 3 is 3.14 bits per heavy atom. The zero-order valence-electron chi connectivity index (χ0n) is 16.3. The molecule has 1 fully saturated rings. The minimum absolute atomic E-state index is 0.0763. The fourth-order valence-electron chi connectivity index (χ4n) is 3.01. The third kappa shape index (κ3) is 4.71. The SMILES string of the molecule is CN1CC(=CN)C(=NCC(=O)Nc2ccn3ncnc3c2)N=C1OCCC1CC1. The van der Waals surface area contributed by atoms with E-state index in [0.717, 1.165) is 17.9 Å². The summed E-state index contributed by atoms with van der Waals surface area (Å²) in [4.78, 5) is 27.1. The van der Waals surface area contributed by atoms with Gasteiger partial charge in [0.05, 0.1) is 13.2 Å². The van der Waals surface area contributed by atoms with Gasteiger partial charge in [-0.25, -0.2) is 9.50 Å². The molecule has 2 aliphatic rings. The molecule has 0 radical (unpaired) electrons. The fourth-order valence-corrected chi connectivity index (χ4v) is 3.01. The topological polar surface area (TPSA) is 122 Å². The van der Waals surface area contributed by atoms with Crippen molar-refractivity contribution >= 4 is 29.1 Å². The van der Waals surface area contributed by atoms with Gasteiger partial charge in [0.25, 0.3) is 6.02 Å². The van der Waals surface area contributed by atoms with Crippen molar-refractivity contribution in [3.05, 3.63) is 36.4 Å². The van der Waals surface area contributed by atoms with E-state index in [2.05, 4.69) is 25.4 Å². The normalized spacial score (nSPS) is 19.6. The number of rotatable bonds is 6. The standard InChI is InChI=1S/C19H24N8O2/c1-26-11-14(9-20)18(25-19(26)29-7-5-13-2-3-13)21-10-17(28)24-15-4-6-27-16(8-15)22-12-23-27/h4,6,8-9,12-13H,2-3,5,7,10-11,20H2,1H3,(H,24,28). The molecule has 1 amide bonds. The highest BCUT2D eigenvalue weighted by atomic mass is 16.5. The molecule has 4 rings (SSSR count). The molecule has 1 aliphatic carbocycles. The fraction of sp³-hybridized carbons (Fsp3) is 0.421. The van der Waals surface area contributed by atoms with E-state index < -0.39 is 0 Å². The molecule has 10 nitrogen and oxygen atoms in total. The van der Waals surface area contributed by atoms with E-state index in [1.807, 2.05) is 11.9 Å². The van der Waals surface area contributed by atoms with E-state index >= 15 is 0 Å². The first kappa shape index (κ1) is 18.9. The number of carbonyl (C=O) groups excluding carboxylic acids is 1. The number of carbonyl (C=O) groups is 1. The van der Waals surface area contributed by atoms with Crippen molar-refractivity contribution in [1.29, 1.82) is 0 Å². The van der Waals surface area contributed by atoms with Gasteiger partial charge in [0.1, 0.15) is 12.9 Å². The van der Waals surface area contributed by atoms with Gasteiger partial charge < -0.3 is 20.7 Å². The number of pyridine rings is 1. The van der Waals surface area contributed by atoms with Gasteiger partial charge in [0.15, 0.2) is 11.5 Å². The maximum absolute atomic E-state index is 12.3. The second kappa shape index (κ2) is 8.29. The van der Waals surface area contributed by atoms with E-state index in [4.69, 9.17) is 10.5 Å². The average molecular weight is 396 g/mol. The van der Waals surface area contributed by atoms with Crippen LogP contribution in [0.25, 0.3) is 5.65 Å². The predicted octanol–water partition coefficient (Wildman–Crippen LogP) is 1.03. The van der Waals surface area contributed by atoms with Crippen molar-refractivity contribution in [2.45, 2.75) is 19.3 Å². The number of nitrogens with two attached hydrogens (primary N) is 1. The lowest BCUT2D eigenvalue weighted by molar-refractivity contribution is -0.114. The maximum atomic E-state index is 12.3. The summed E-state index contributed by atoms with van der Waals surface area (Å²) in [5.41, 5.74) is 7.75. The molecule has 3 N–H and O–H groups in total. The van der Waals surface area contributed by atoms with Crippen LogP contribution in [-0.4, -0.2) is 64.0 Å². The molecule has 3 heterocycles. The zero-order valence-corrected chi connectivity index (χ0v) is 16.3. The van der Waals surface area contributed by atoms with Crippen molar-refractivity contribution in [2.75, 3.05) is 32.1 Å². The summed E-state index contributed by atoms with van der Waals surface area (Å²) in [5.74, 6) is 0.955.